The maximum Gasteiger partial charge on any atom is 0.146 e. The Kier molecular flexibility index (Phi) is 3.64. The van der Waals surface area contributed by atoms with Crippen LogP contribution in [0.4, 0.5) is 10.1 Å². The molecule has 0 amide bonds. The Balaban J connectivity index is 2.37. The van der Waals surface area contributed by atoms with Gasteiger partial charge in [-0.3, -0.25) is 0 Å². The molecule has 1 heterocycles. The quantitative estimate of drug-likeness (QED) is 0.841. The number of halogens is 1. The summed E-state index contributed by atoms with van der Waals surface area (Å²) < 4.78 is 14.0. The zero-order valence-electron chi connectivity index (χ0n) is 10.3. The highest BCUT2D eigenvalue weighted by Crippen LogP contribution is 2.31. The topological polar surface area (TPSA) is 35.5 Å². The van der Waals surface area contributed by atoms with Gasteiger partial charge >= 0.3 is 0 Å². The number of aliphatic hydroxyl groups excluding tert-OH is 1. The van der Waals surface area contributed by atoms with Gasteiger partial charge in [-0.05, 0) is 32.0 Å². The van der Waals surface area contributed by atoms with Gasteiger partial charge in [-0.2, -0.15) is 0 Å². The molecule has 1 aliphatic rings. The van der Waals surface area contributed by atoms with Crippen LogP contribution in [0.25, 0.3) is 0 Å². The third-order valence-electron chi connectivity index (χ3n) is 3.40. The summed E-state index contributed by atoms with van der Waals surface area (Å²) in [6, 6.07) is 5.24. The first-order chi connectivity index (χ1) is 8.13. The van der Waals surface area contributed by atoms with Crippen molar-refractivity contribution in [2.45, 2.75) is 25.5 Å². The van der Waals surface area contributed by atoms with Crippen molar-refractivity contribution in [3.05, 3.63) is 29.6 Å². The Morgan fingerprint density at radius 1 is 1.53 bits per heavy atom. The molecule has 0 spiro atoms. The van der Waals surface area contributed by atoms with E-state index in [2.05, 4.69) is 5.32 Å². The summed E-state index contributed by atoms with van der Waals surface area (Å²) in [6.07, 6.45) is 0.370. The lowest BCUT2D eigenvalue weighted by atomic mass is 10.0. The lowest BCUT2D eigenvalue weighted by Crippen LogP contribution is -2.25. The number of rotatable bonds is 3. The number of anilines is 1. The Morgan fingerprint density at radius 2 is 2.29 bits per heavy atom. The molecule has 94 valence electrons. The van der Waals surface area contributed by atoms with E-state index in [1.54, 1.807) is 6.07 Å². The average molecular weight is 238 g/mol. The number of hydrogen-bond donors (Lipinski definition) is 2. The Bertz CT molecular complexity index is 397. The van der Waals surface area contributed by atoms with Crippen molar-refractivity contribution >= 4 is 5.69 Å². The molecule has 1 aliphatic heterocycles. The summed E-state index contributed by atoms with van der Waals surface area (Å²) in [5.41, 5.74) is 1.58. The summed E-state index contributed by atoms with van der Waals surface area (Å²) in [6.45, 7) is 3.24. The summed E-state index contributed by atoms with van der Waals surface area (Å²) in [7, 11) is 1.86. The molecule has 2 N–H and O–H groups in total. The van der Waals surface area contributed by atoms with E-state index in [-0.39, 0.29) is 18.0 Å². The molecule has 2 unspecified atom stereocenters. The van der Waals surface area contributed by atoms with Crippen LogP contribution in [-0.2, 0) is 0 Å². The standard InChI is InChI=1S/C13H19FN2O/c1-9(15-2)11-4-3-5-12(14)13(11)16-7-6-10(17)8-16/h3-5,9-10,15,17H,6-8H2,1-2H3. The highest BCUT2D eigenvalue weighted by molar-refractivity contribution is 5.57. The van der Waals surface area contributed by atoms with Gasteiger partial charge in [0.2, 0.25) is 0 Å². The summed E-state index contributed by atoms with van der Waals surface area (Å²) in [4.78, 5) is 1.93. The highest BCUT2D eigenvalue weighted by atomic mass is 19.1. The molecule has 1 saturated heterocycles. The van der Waals surface area contributed by atoms with Crippen LogP contribution in [0.3, 0.4) is 0 Å². The largest absolute Gasteiger partial charge is 0.391 e. The molecule has 0 aliphatic carbocycles. The fraction of sp³-hybridized carbons (Fsp3) is 0.538. The van der Waals surface area contributed by atoms with Crippen molar-refractivity contribution in [1.82, 2.24) is 5.32 Å². The third kappa shape index (κ3) is 2.42. The van der Waals surface area contributed by atoms with Crippen LogP contribution in [0.2, 0.25) is 0 Å². The van der Waals surface area contributed by atoms with Gasteiger partial charge in [0.1, 0.15) is 5.82 Å². The van der Waals surface area contributed by atoms with Crippen LogP contribution in [-0.4, -0.2) is 31.3 Å². The van der Waals surface area contributed by atoms with Crippen LogP contribution < -0.4 is 10.2 Å². The second-order valence-electron chi connectivity index (χ2n) is 4.58. The molecule has 1 fully saturated rings. The SMILES string of the molecule is CNC(C)c1cccc(F)c1N1CCC(O)C1. The van der Waals surface area contributed by atoms with Crippen molar-refractivity contribution in [3.8, 4) is 0 Å². The van der Waals surface area contributed by atoms with E-state index in [9.17, 15) is 9.50 Å². The predicted molar refractivity (Wildman–Crippen MR) is 66.7 cm³/mol. The molecule has 1 aromatic carbocycles. The highest BCUT2D eigenvalue weighted by Gasteiger charge is 2.25. The summed E-state index contributed by atoms with van der Waals surface area (Å²) >= 11 is 0. The van der Waals surface area contributed by atoms with E-state index in [0.717, 1.165) is 5.56 Å². The first-order valence-electron chi connectivity index (χ1n) is 6.02. The van der Waals surface area contributed by atoms with Gasteiger partial charge in [-0.25, -0.2) is 4.39 Å². The zero-order chi connectivity index (χ0) is 12.4. The van der Waals surface area contributed by atoms with Crippen LogP contribution in [0.15, 0.2) is 18.2 Å². The van der Waals surface area contributed by atoms with E-state index >= 15 is 0 Å². The zero-order valence-corrected chi connectivity index (χ0v) is 10.3. The van der Waals surface area contributed by atoms with E-state index in [4.69, 9.17) is 0 Å². The van der Waals surface area contributed by atoms with Crippen LogP contribution in [0, 0.1) is 5.82 Å². The van der Waals surface area contributed by atoms with Crippen molar-refractivity contribution in [1.29, 1.82) is 0 Å². The van der Waals surface area contributed by atoms with Gasteiger partial charge in [0.05, 0.1) is 11.8 Å². The first-order valence-corrected chi connectivity index (χ1v) is 6.02. The number of nitrogens with one attached hydrogen (secondary N) is 1. The Morgan fingerprint density at radius 3 is 2.88 bits per heavy atom. The van der Waals surface area contributed by atoms with Crippen molar-refractivity contribution in [2.75, 3.05) is 25.0 Å². The third-order valence-corrected chi connectivity index (χ3v) is 3.40. The lowest BCUT2D eigenvalue weighted by Gasteiger charge is -2.24. The number of nitrogens with zero attached hydrogens (tertiary/aromatic N) is 1. The van der Waals surface area contributed by atoms with Crippen molar-refractivity contribution in [2.24, 2.45) is 0 Å². The van der Waals surface area contributed by atoms with Gasteiger partial charge in [-0.15, -0.1) is 0 Å². The maximum atomic E-state index is 14.0. The molecule has 0 saturated carbocycles. The molecule has 17 heavy (non-hydrogen) atoms. The van der Waals surface area contributed by atoms with Gasteiger partial charge in [-0.1, -0.05) is 12.1 Å². The molecule has 1 aromatic rings. The normalized spacial score (nSPS) is 21.9. The van der Waals surface area contributed by atoms with Crippen LogP contribution in [0.5, 0.6) is 0 Å². The van der Waals surface area contributed by atoms with E-state index in [0.29, 0.717) is 25.2 Å². The molecule has 0 radical (unpaired) electrons. The Hall–Kier alpha value is -1.13. The molecule has 3 nitrogen and oxygen atoms in total. The van der Waals surface area contributed by atoms with Crippen molar-refractivity contribution in [3.63, 3.8) is 0 Å². The van der Waals surface area contributed by atoms with Crippen LogP contribution >= 0.6 is 0 Å². The van der Waals surface area contributed by atoms with Gasteiger partial charge in [0.15, 0.2) is 0 Å². The maximum absolute atomic E-state index is 14.0. The first kappa shape index (κ1) is 12.3. The minimum Gasteiger partial charge on any atom is -0.391 e. The smallest absolute Gasteiger partial charge is 0.146 e. The monoisotopic (exact) mass is 238 g/mol. The van der Waals surface area contributed by atoms with Gasteiger partial charge < -0.3 is 15.3 Å². The molecule has 0 aromatic heterocycles. The molecule has 0 bridgehead atoms. The molecule has 4 heteroatoms. The minimum absolute atomic E-state index is 0.0958. The van der Waals surface area contributed by atoms with Gasteiger partial charge in [0.25, 0.3) is 0 Å². The number of benzene rings is 1. The fourth-order valence-corrected chi connectivity index (χ4v) is 2.32. The molecule has 2 rings (SSSR count). The fourth-order valence-electron chi connectivity index (χ4n) is 2.32. The number of aliphatic hydroxyl groups is 1. The van der Waals surface area contributed by atoms with E-state index in [1.807, 2.05) is 24.9 Å². The lowest BCUT2D eigenvalue weighted by molar-refractivity contribution is 0.198. The second kappa shape index (κ2) is 5.02. The predicted octanol–water partition coefficient (Wildman–Crippen LogP) is 1.68. The molecular weight excluding hydrogens is 219 g/mol. The van der Waals surface area contributed by atoms with Crippen LogP contribution in [0.1, 0.15) is 24.9 Å². The van der Waals surface area contributed by atoms with E-state index in [1.165, 1.54) is 6.07 Å². The summed E-state index contributed by atoms with van der Waals surface area (Å²) in [5, 5.41) is 12.7. The number of hydrogen-bond acceptors (Lipinski definition) is 3. The second-order valence-corrected chi connectivity index (χ2v) is 4.58. The number of β-amino-alcohol motifs (C(OH)–C–C–N with tert-alkyl or cyclic N) is 1. The Labute approximate surface area is 101 Å². The number of para-hydroxylation sites is 1. The molecule has 2 atom stereocenters. The average Bonchev–Trinajstić information content (AvgIpc) is 2.74. The van der Waals surface area contributed by atoms with Crippen molar-refractivity contribution < 1.29 is 9.50 Å². The minimum atomic E-state index is -0.340. The van der Waals surface area contributed by atoms with E-state index < -0.39 is 0 Å². The summed E-state index contributed by atoms with van der Waals surface area (Å²) in [5.74, 6) is -0.210. The molecular formula is C13H19FN2O. The van der Waals surface area contributed by atoms with Gasteiger partial charge in [0, 0.05) is 19.1 Å².